The molecule has 3 heteroatoms. The molecule has 2 rings (SSSR count). The van der Waals surface area contributed by atoms with Gasteiger partial charge < -0.3 is 4.74 Å². The van der Waals surface area contributed by atoms with Gasteiger partial charge in [0.25, 0.3) is 0 Å². The van der Waals surface area contributed by atoms with Crippen molar-refractivity contribution in [2.24, 2.45) is 0 Å². The third-order valence-electron chi connectivity index (χ3n) is 3.21. The summed E-state index contributed by atoms with van der Waals surface area (Å²) in [4.78, 5) is 11.4. The van der Waals surface area contributed by atoms with Gasteiger partial charge >= 0.3 is 5.97 Å². The second-order valence-electron chi connectivity index (χ2n) is 4.63. The van der Waals surface area contributed by atoms with Gasteiger partial charge in [-0.05, 0) is 29.5 Å². The average Bonchev–Trinajstić information content (AvgIpc) is 2.49. The summed E-state index contributed by atoms with van der Waals surface area (Å²) >= 11 is 6.07. The van der Waals surface area contributed by atoms with Crippen LogP contribution in [-0.2, 0) is 22.4 Å². The lowest BCUT2D eigenvalue weighted by atomic mass is 9.97. The van der Waals surface area contributed by atoms with Crippen LogP contribution in [0.3, 0.4) is 0 Å². The summed E-state index contributed by atoms with van der Waals surface area (Å²) in [6.07, 6.45) is 1.32. The summed E-state index contributed by atoms with van der Waals surface area (Å²) in [5, 5.41) is -0.642. The van der Waals surface area contributed by atoms with E-state index in [4.69, 9.17) is 11.6 Å². The van der Waals surface area contributed by atoms with Crippen molar-refractivity contribution in [1.29, 1.82) is 0 Å². The number of rotatable bonds is 5. The number of hydrogen-bond donors (Lipinski definition) is 0. The molecule has 0 bridgehead atoms. The van der Waals surface area contributed by atoms with Crippen LogP contribution >= 0.6 is 11.6 Å². The highest BCUT2D eigenvalue weighted by atomic mass is 35.5. The molecule has 0 saturated heterocycles. The smallest absolute Gasteiger partial charge is 0.324 e. The van der Waals surface area contributed by atoms with E-state index in [1.54, 1.807) is 0 Å². The van der Waals surface area contributed by atoms with Crippen LogP contribution in [0, 0.1) is 0 Å². The Morgan fingerprint density at radius 2 is 1.65 bits per heavy atom. The van der Waals surface area contributed by atoms with E-state index >= 15 is 0 Å². The highest BCUT2D eigenvalue weighted by Crippen LogP contribution is 2.18. The quantitative estimate of drug-likeness (QED) is 0.621. The lowest BCUT2D eigenvalue weighted by molar-refractivity contribution is -0.140. The van der Waals surface area contributed by atoms with Gasteiger partial charge in [-0.1, -0.05) is 54.6 Å². The molecule has 0 spiro atoms. The fourth-order valence-corrected chi connectivity index (χ4v) is 2.40. The number of carbonyl (C=O) groups is 1. The predicted octanol–water partition coefficient (Wildman–Crippen LogP) is 3.60. The molecule has 0 N–H and O–H groups in total. The highest BCUT2D eigenvalue weighted by Gasteiger charge is 2.17. The van der Waals surface area contributed by atoms with E-state index in [1.807, 2.05) is 36.4 Å². The molecule has 0 aliphatic heterocycles. The Morgan fingerprint density at radius 3 is 2.30 bits per heavy atom. The van der Waals surface area contributed by atoms with E-state index in [2.05, 4.69) is 22.9 Å². The molecule has 0 aliphatic rings. The summed E-state index contributed by atoms with van der Waals surface area (Å²) in [6.45, 7) is 0. The molecule has 0 saturated carbocycles. The van der Waals surface area contributed by atoms with Crippen LogP contribution in [0.5, 0.6) is 0 Å². The molecule has 2 aromatic rings. The van der Waals surface area contributed by atoms with E-state index in [-0.39, 0.29) is 5.97 Å². The first-order chi connectivity index (χ1) is 9.70. The van der Waals surface area contributed by atoms with E-state index in [0.717, 1.165) is 12.0 Å². The molecule has 0 radical (unpaired) electrons. The Hall–Kier alpha value is -1.80. The zero-order valence-electron chi connectivity index (χ0n) is 11.4. The number of esters is 1. The third-order valence-corrected chi connectivity index (χ3v) is 3.54. The molecule has 0 heterocycles. The third kappa shape index (κ3) is 3.84. The first kappa shape index (κ1) is 14.6. The topological polar surface area (TPSA) is 26.3 Å². The molecule has 1 unspecified atom stereocenters. The highest BCUT2D eigenvalue weighted by molar-refractivity contribution is 6.30. The summed E-state index contributed by atoms with van der Waals surface area (Å²) in [5.74, 6) is -0.388. The SMILES string of the molecule is COC(=O)C(Cl)Cc1ccccc1Cc1ccccc1. The van der Waals surface area contributed by atoms with Gasteiger partial charge in [0.1, 0.15) is 5.38 Å². The molecular weight excluding hydrogens is 272 g/mol. The maximum atomic E-state index is 11.4. The van der Waals surface area contributed by atoms with Crippen LogP contribution in [-0.4, -0.2) is 18.5 Å². The van der Waals surface area contributed by atoms with Gasteiger partial charge in [-0.15, -0.1) is 11.6 Å². The van der Waals surface area contributed by atoms with Crippen molar-refractivity contribution >= 4 is 17.6 Å². The van der Waals surface area contributed by atoms with Crippen LogP contribution < -0.4 is 0 Å². The molecule has 2 nitrogen and oxygen atoms in total. The van der Waals surface area contributed by atoms with Crippen molar-refractivity contribution in [3.05, 3.63) is 71.3 Å². The number of carbonyl (C=O) groups excluding carboxylic acids is 1. The number of methoxy groups -OCH3 is 1. The molecule has 20 heavy (non-hydrogen) atoms. The van der Waals surface area contributed by atoms with Crippen molar-refractivity contribution in [2.45, 2.75) is 18.2 Å². The Labute approximate surface area is 124 Å². The number of ether oxygens (including phenoxy) is 1. The predicted molar refractivity (Wildman–Crippen MR) is 81.1 cm³/mol. The lowest BCUT2D eigenvalue weighted by Gasteiger charge is -2.12. The molecular formula is C17H17ClO2. The Kier molecular flexibility index (Phi) is 5.19. The van der Waals surface area contributed by atoms with Gasteiger partial charge in [0.05, 0.1) is 7.11 Å². The fourth-order valence-electron chi connectivity index (χ4n) is 2.15. The monoisotopic (exact) mass is 288 g/mol. The number of halogens is 1. The minimum atomic E-state index is -0.642. The lowest BCUT2D eigenvalue weighted by Crippen LogP contribution is -2.19. The van der Waals surface area contributed by atoms with Crippen LogP contribution in [0.25, 0.3) is 0 Å². The molecule has 0 aromatic heterocycles. The molecule has 0 fully saturated rings. The van der Waals surface area contributed by atoms with Crippen molar-refractivity contribution < 1.29 is 9.53 Å². The van der Waals surface area contributed by atoms with Crippen molar-refractivity contribution in [3.8, 4) is 0 Å². The summed E-state index contributed by atoms with van der Waals surface area (Å²) in [6, 6.07) is 18.3. The minimum absolute atomic E-state index is 0.388. The van der Waals surface area contributed by atoms with Gasteiger partial charge in [-0.25, -0.2) is 0 Å². The molecule has 0 amide bonds. The van der Waals surface area contributed by atoms with Crippen molar-refractivity contribution in [1.82, 2.24) is 0 Å². The summed E-state index contributed by atoms with van der Waals surface area (Å²) in [7, 11) is 1.35. The van der Waals surface area contributed by atoms with E-state index in [0.29, 0.717) is 6.42 Å². The van der Waals surface area contributed by atoms with Crippen molar-refractivity contribution in [3.63, 3.8) is 0 Å². The van der Waals surface area contributed by atoms with Gasteiger partial charge in [-0.3, -0.25) is 4.79 Å². The summed E-state index contributed by atoms with van der Waals surface area (Å²) in [5.41, 5.74) is 3.51. The number of benzene rings is 2. The molecule has 2 aromatic carbocycles. The second kappa shape index (κ2) is 7.11. The summed E-state index contributed by atoms with van der Waals surface area (Å²) < 4.78 is 4.67. The van der Waals surface area contributed by atoms with Crippen LogP contribution in [0.1, 0.15) is 16.7 Å². The van der Waals surface area contributed by atoms with Crippen LogP contribution in [0.15, 0.2) is 54.6 Å². The van der Waals surface area contributed by atoms with E-state index < -0.39 is 5.38 Å². The van der Waals surface area contributed by atoms with Crippen LogP contribution in [0.4, 0.5) is 0 Å². The first-order valence-corrected chi connectivity index (χ1v) is 6.97. The number of alkyl halides is 1. The van der Waals surface area contributed by atoms with Gasteiger partial charge in [0.15, 0.2) is 0 Å². The van der Waals surface area contributed by atoms with Crippen LogP contribution in [0.2, 0.25) is 0 Å². The maximum absolute atomic E-state index is 11.4. The Balaban J connectivity index is 2.16. The molecule has 0 aliphatic carbocycles. The first-order valence-electron chi connectivity index (χ1n) is 6.53. The zero-order chi connectivity index (χ0) is 14.4. The van der Waals surface area contributed by atoms with E-state index in [9.17, 15) is 4.79 Å². The average molecular weight is 289 g/mol. The Morgan fingerprint density at radius 1 is 1.05 bits per heavy atom. The molecule has 1 atom stereocenters. The number of hydrogen-bond acceptors (Lipinski definition) is 2. The largest absolute Gasteiger partial charge is 0.468 e. The normalized spacial score (nSPS) is 11.9. The van der Waals surface area contributed by atoms with Gasteiger partial charge in [0.2, 0.25) is 0 Å². The standard InChI is InChI=1S/C17H17ClO2/c1-20-17(19)16(18)12-15-10-6-5-9-14(15)11-13-7-3-2-4-8-13/h2-10,16H,11-12H2,1H3. The zero-order valence-corrected chi connectivity index (χ0v) is 12.1. The van der Waals surface area contributed by atoms with Gasteiger partial charge in [-0.2, -0.15) is 0 Å². The second-order valence-corrected chi connectivity index (χ2v) is 5.15. The maximum Gasteiger partial charge on any atom is 0.324 e. The minimum Gasteiger partial charge on any atom is -0.468 e. The van der Waals surface area contributed by atoms with E-state index in [1.165, 1.54) is 18.2 Å². The van der Waals surface area contributed by atoms with Gasteiger partial charge in [0, 0.05) is 0 Å². The fraction of sp³-hybridized carbons (Fsp3) is 0.235. The molecule has 104 valence electrons. The Bertz CT molecular complexity index is 566. The van der Waals surface area contributed by atoms with Crippen molar-refractivity contribution in [2.75, 3.05) is 7.11 Å².